The molecule has 0 spiro atoms. The molecule has 0 unspecified atom stereocenters. The molecule has 0 fully saturated rings. The number of ether oxygens (including phenoxy) is 1. The Hall–Kier alpha value is -2.83. The fourth-order valence-corrected chi connectivity index (χ4v) is 3.70. The van der Waals surface area contributed by atoms with E-state index in [2.05, 4.69) is 0 Å². The van der Waals surface area contributed by atoms with E-state index in [0.717, 1.165) is 0 Å². The molecule has 30 heavy (non-hydrogen) atoms. The number of rotatable bonds is 6. The Morgan fingerprint density at radius 3 is 2.50 bits per heavy atom. The fourth-order valence-electron chi connectivity index (χ4n) is 3.40. The number of halogens is 3. The highest BCUT2D eigenvalue weighted by Gasteiger charge is 2.23. The molecule has 1 aromatic heterocycles. The average molecular weight is 450 g/mol. The van der Waals surface area contributed by atoms with Crippen LogP contribution < -0.4 is 10.2 Å². The van der Waals surface area contributed by atoms with Gasteiger partial charge >= 0.3 is 5.97 Å². The Balaban J connectivity index is 2.28. The zero-order chi connectivity index (χ0) is 22.0. The van der Waals surface area contributed by atoms with E-state index >= 15 is 0 Å². The molecule has 0 saturated heterocycles. The van der Waals surface area contributed by atoms with Gasteiger partial charge in [0.2, 0.25) is 0 Å². The van der Waals surface area contributed by atoms with E-state index in [9.17, 15) is 19.1 Å². The number of carboxylic acid groups (broad SMARTS) is 1. The van der Waals surface area contributed by atoms with Crippen molar-refractivity contribution in [3.8, 4) is 17.0 Å². The second-order valence-corrected chi connectivity index (χ2v) is 7.33. The molecule has 3 rings (SSSR count). The molecular formula is C22H18Cl2FNO4. The van der Waals surface area contributed by atoms with Crippen LogP contribution in [0.5, 0.6) is 5.75 Å². The predicted octanol–water partition coefficient (Wildman–Crippen LogP) is 5.28. The molecule has 0 amide bonds. The van der Waals surface area contributed by atoms with Crippen molar-refractivity contribution in [1.82, 2.24) is 4.57 Å². The number of aromatic carboxylic acids is 1. The zero-order valence-electron chi connectivity index (χ0n) is 16.2. The largest absolute Gasteiger partial charge is 0.494 e. The third kappa shape index (κ3) is 4.06. The summed E-state index contributed by atoms with van der Waals surface area (Å²) in [5, 5.41) is 10.2. The molecule has 0 saturated carbocycles. The first-order chi connectivity index (χ1) is 14.3. The predicted molar refractivity (Wildman–Crippen MR) is 115 cm³/mol. The third-order valence-electron chi connectivity index (χ3n) is 4.76. The zero-order valence-corrected chi connectivity index (χ0v) is 17.7. The normalized spacial score (nSPS) is 10.8. The van der Waals surface area contributed by atoms with Crippen LogP contribution in [0.2, 0.25) is 10.0 Å². The number of aromatic nitrogens is 1. The van der Waals surface area contributed by atoms with E-state index in [1.54, 1.807) is 22.8 Å². The monoisotopic (exact) mass is 449 g/mol. The van der Waals surface area contributed by atoms with E-state index in [1.807, 2.05) is 6.92 Å². The van der Waals surface area contributed by atoms with Crippen molar-refractivity contribution in [2.75, 3.05) is 7.11 Å². The van der Waals surface area contributed by atoms with Crippen LogP contribution in [0, 0.1) is 5.82 Å². The van der Waals surface area contributed by atoms with Gasteiger partial charge in [0, 0.05) is 30.3 Å². The first-order valence-corrected chi connectivity index (χ1v) is 9.80. The summed E-state index contributed by atoms with van der Waals surface area (Å²) in [6, 6.07) is 10.6. The van der Waals surface area contributed by atoms with E-state index in [-0.39, 0.29) is 28.5 Å². The summed E-state index contributed by atoms with van der Waals surface area (Å²) in [7, 11) is 1.37. The highest BCUT2D eigenvalue weighted by molar-refractivity contribution is 6.42. The van der Waals surface area contributed by atoms with Crippen molar-refractivity contribution in [2.24, 2.45) is 0 Å². The number of hydrogen-bond acceptors (Lipinski definition) is 3. The van der Waals surface area contributed by atoms with E-state index in [4.69, 9.17) is 27.9 Å². The SMILES string of the molecule is CCn1c(Cc2cccc(OC)c2F)cc(=O)c(C(=O)O)c1-c1ccc(Cl)c(Cl)c1. The summed E-state index contributed by atoms with van der Waals surface area (Å²) in [4.78, 5) is 24.6. The molecule has 0 atom stereocenters. The number of benzene rings is 2. The molecule has 8 heteroatoms. The highest BCUT2D eigenvalue weighted by atomic mass is 35.5. The Morgan fingerprint density at radius 2 is 1.90 bits per heavy atom. The summed E-state index contributed by atoms with van der Waals surface area (Å²) in [6.07, 6.45) is 0.0698. The average Bonchev–Trinajstić information content (AvgIpc) is 2.70. The van der Waals surface area contributed by atoms with Gasteiger partial charge in [0.1, 0.15) is 5.56 Å². The summed E-state index contributed by atoms with van der Waals surface area (Å²) in [5.74, 6) is -1.80. The summed E-state index contributed by atoms with van der Waals surface area (Å²) < 4.78 is 21.4. The van der Waals surface area contributed by atoms with Crippen LogP contribution in [-0.4, -0.2) is 22.8 Å². The Bertz CT molecular complexity index is 1190. The smallest absolute Gasteiger partial charge is 0.341 e. The van der Waals surface area contributed by atoms with Crippen molar-refractivity contribution >= 4 is 29.2 Å². The molecule has 0 aliphatic heterocycles. The second kappa shape index (κ2) is 8.90. The number of carbonyl (C=O) groups is 1. The molecule has 0 bridgehead atoms. The number of hydrogen-bond donors (Lipinski definition) is 1. The van der Waals surface area contributed by atoms with Crippen LogP contribution in [-0.2, 0) is 13.0 Å². The highest BCUT2D eigenvalue weighted by Crippen LogP contribution is 2.31. The van der Waals surface area contributed by atoms with Gasteiger partial charge in [-0.15, -0.1) is 0 Å². The maximum atomic E-state index is 14.7. The lowest BCUT2D eigenvalue weighted by Crippen LogP contribution is -2.23. The summed E-state index contributed by atoms with van der Waals surface area (Å²) in [6.45, 7) is 2.15. The van der Waals surface area contributed by atoms with Gasteiger partial charge in [0.15, 0.2) is 17.0 Å². The van der Waals surface area contributed by atoms with Gasteiger partial charge < -0.3 is 14.4 Å². The van der Waals surface area contributed by atoms with Gasteiger partial charge in [-0.3, -0.25) is 4.79 Å². The second-order valence-electron chi connectivity index (χ2n) is 6.51. The maximum absolute atomic E-state index is 14.7. The van der Waals surface area contributed by atoms with Crippen molar-refractivity contribution < 1.29 is 19.0 Å². The molecule has 2 aromatic carbocycles. The number of methoxy groups -OCH3 is 1. The van der Waals surface area contributed by atoms with E-state index in [0.29, 0.717) is 28.4 Å². The minimum absolute atomic E-state index is 0.0698. The van der Waals surface area contributed by atoms with Gasteiger partial charge in [-0.1, -0.05) is 41.4 Å². The molecule has 1 N–H and O–H groups in total. The van der Waals surface area contributed by atoms with Crippen molar-refractivity contribution in [3.05, 3.63) is 85.4 Å². The van der Waals surface area contributed by atoms with Crippen LogP contribution in [0.25, 0.3) is 11.3 Å². The molecule has 156 valence electrons. The number of carboxylic acids is 1. The number of pyridine rings is 1. The quantitative estimate of drug-likeness (QED) is 0.555. The van der Waals surface area contributed by atoms with Crippen LogP contribution >= 0.6 is 23.2 Å². The van der Waals surface area contributed by atoms with Crippen LogP contribution in [0.15, 0.2) is 47.3 Å². The minimum atomic E-state index is -1.36. The molecular weight excluding hydrogens is 432 g/mol. The van der Waals surface area contributed by atoms with Crippen LogP contribution in [0.1, 0.15) is 28.5 Å². The van der Waals surface area contributed by atoms with Gasteiger partial charge in [0.05, 0.1) is 22.8 Å². The lowest BCUT2D eigenvalue weighted by molar-refractivity contribution is 0.0695. The summed E-state index contributed by atoms with van der Waals surface area (Å²) >= 11 is 12.1. The van der Waals surface area contributed by atoms with Crippen molar-refractivity contribution in [3.63, 3.8) is 0 Å². The summed E-state index contributed by atoms with van der Waals surface area (Å²) in [5.41, 5.74) is 0.333. The molecule has 0 aliphatic carbocycles. The third-order valence-corrected chi connectivity index (χ3v) is 5.49. The lowest BCUT2D eigenvalue weighted by atomic mass is 10.0. The van der Waals surface area contributed by atoms with Gasteiger partial charge in [-0.05, 0) is 30.7 Å². The molecule has 0 radical (unpaired) electrons. The van der Waals surface area contributed by atoms with E-state index in [1.165, 1.54) is 31.4 Å². The van der Waals surface area contributed by atoms with Crippen molar-refractivity contribution in [2.45, 2.75) is 19.9 Å². The first-order valence-electron chi connectivity index (χ1n) is 9.05. The molecule has 3 aromatic rings. The fraction of sp³-hybridized carbons (Fsp3) is 0.182. The standard InChI is InChI=1S/C22H18Cl2FNO4/c1-3-26-14(9-12-5-4-6-18(30-2)20(12)25)11-17(27)19(22(28)29)21(26)13-7-8-15(23)16(24)10-13/h4-8,10-11H,3,9H2,1-2H3,(H,28,29). The maximum Gasteiger partial charge on any atom is 0.341 e. The molecule has 1 heterocycles. The van der Waals surface area contributed by atoms with Crippen molar-refractivity contribution in [1.29, 1.82) is 0 Å². The minimum Gasteiger partial charge on any atom is -0.494 e. The number of nitrogens with zero attached hydrogens (tertiary/aromatic N) is 1. The Morgan fingerprint density at radius 1 is 1.17 bits per heavy atom. The first kappa shape index (κ1) is 21.9. The Kier molecular flexibility index (Phi) is 6.48. The van der Waals surface area contributed by atoms with E-state index < -0.39 is 17.2 Å². The van der Waals surface area contributed by atoms with Crippen LogP contribution in [0.4, 0.5) is 4.39 Å². The van der Waals surface area contributed by atoms with Crippen LogP contribution in [0.3, 0.4) is 0 Å². The Labute approximate surface area is 182 Å². The van der Waals surface area contributed by atoms with Gasteiger partial charge in [0.25, 0.3) is 0 Å². The molecule has 0 aliphatic rings. The molecule has 5 nitrogen and oxygen atoms in total. The lowest BCUT2D eigenvalue weighted by Gasteiger charge is -2.20. The topological polar surface area (TPSA) is 68.5 Å². The van der Waals surface area contributed by atoms with Gasteiger partial charge in [-0.25, -0.2) is 9.18 Å². The van der Waals surface area contributed by atoms with Gasteiger partial charge in [-0.2, -0.15) is 0 Å².